The average Bonchev–Trinajstić information content (AvgIpc) is 3.70. The maximum absolute atomic E-state index is 10.4. The maximum atomic E-state index is 10.4. The fourth-order valence-corrected chi connectivity index (χ4v) is 7.38. The Bertz CT molecular complexity index is 2900. The van der Waals surface area contributed by atoms with Crippen molar-refractivity contribution in [1.29, 1.82) is 15.8 Å². The summed E-state index contributed by atoms with van der Waals surface area (Å²) in [4.78, 5) is 0. The molecule has 0 fully saturated rings. The summed E-state index contributed by atoms with van der Waals surface area (Å²) >= 11 is 0. The van der Waals surface area contributed by atoms with E-state index in [1.807, 2.05) is 78.9 Å². The van der Waals surface area contributed by atoms with Crippen LogP contribution in [0.3, 0.4) is 0 Å². The molecule has 0 N–H and O–H groups in total. The number of fused-ring (bicyclic) bond motifs is 6. The minimum atomic E-state index is 0.562. The first-order chi connectivity index (χ1) is 24.7. The van der Waals surface area contributed by atoms with E-state index >= 15 is 0 Å². The highest BCUT2D eigenvalue weighted by Crippen LogP contribution is 2.38. The molecule has 5 nitrogen and oxygen atoms in total. The molecule has 9 aromatic rings. The van der Waals surface area contributed by atoms with Gasteiger partial charge in [0.15, 0.2) is 0 Å². The van der Waals surface area contributed by atoms with Crippen molar-refractivity contribution in [1.82, 2.24) is 9.13 Å². The van der Waals surface area contributed by atoms with E-state index in [1.165, 1.54) is 10.8 Å². The van der Waals surface area contributed by atoms with Gasteiger partial charge in [0.25, 0.3) is 0 Å². The van der Waals surface area contributed by atoms with E-state index < -0.39 is 0 Å². The van der Waals surface area contributed by atoms with E-state index in [2.05, 4.69) is 100 Å². The topological polar surface area (TPSA) is 81.2 Å². The molecule has 0 unspecified atom stereocenters. The number of hydrogen-bond acceptors (Lipinski definition) is 3. The number of para-hydroxylation sites is 3. The predicted molar refractivity (Wildman–Crippen MR) is 200 cm³/mol. The van der Waals surface area contributed by atoms with Crippen molar-refractivity contribution in [3.05, 3.63) is 168 Å². The quantitative estimate of drug-likeness (QED) is 0.193. The SMILES string of the molecule is N#Cc1ccc(-n2c3ccccc3c3ccccc32)c(-c2ccc(-c3ccc(-n4c5ccccc5c5cc(C#N)ccc54)cc3C#N)cc2)c1. The summed E-state index contributed by atoms with van der Waals surface area (Å²) in [5.74, 6) is 0. The third-order valence-electron chi connectivity index (χ3n) is 9.64. The highest BCUT2D eigenvalue weighted by Gasteiger charge is 2.18. The Morgan fingerprint density at radius 2 is 0.900 bits per heavy atom. The van der Waals surface area contributed by atoms with Gasteiger partial charge in [0.2, 0.25) is 0 Å². The van der Waals surface area contributed by atoms with Crippen LogP contribution in [0.4, 0.5) is 0 Å². The smallest absolute Gasteiger partial charge is 0.0998 e. The summed E-state index contributed by atoms with van der Waals surface area (Å²) in [7, 11) is 0. The Morgan fingerprint density at radius 1 is 0.380 bits per heavy atom. The first kappa shape index (κ1) is 28.8. The number of hydrogen-bond donors (Lipinski definition) is 0. The van der Waals surface area contributed by atoms with Gasteiger partial charge >= 0.3 is 0 Å². The molecule has 0 aliphatic carbocycles. The van der Waals surface area contributed by atoms with Gasteiger partial charge in [0.05, 0.1) is 62.7 Å². The van der Waals surface area contributed by atoms with Gasteiger partial charge in [-0.15, -0.1) is 0 Å². The molecule has 5 heteroatoms. The number of aromatic nitrogens is 2. The van der Waals surface area contributed by atoms with Crippen molar-refractivity contribution in [2.75, 3.05) is 0 Å². The lowest BCUT2D eigenvalue weighted by Crippen LogP contribution is -1.98. The Labute approximate surface area is 287 Å². The first-order valence-corrected chi connectivity index (χ1v) is 16.3. The van der Waals surface area contributed by atoms with Crippen LogP contribution in [0.5, 0.6) is 0 Å². The van der Waals surface area contributed by atoms with Gasteiger partial charge in [-0.25, -0.2) is 0 Å². The zero-order valence-corrected chi connectivity index (χ0v) is 26.7. The monoisotopic (exact) mass is 635 g/mol. The molecule has 230 valence electrons. The van der Waals surface area contributed by atoms with Crippen LogP contribution in [0.2, 0.25) is 0 Å². The summed E-state index contributed by atoms with van der Waals surface area (Å²) in [5, 5.41) is 34.2. The zero-order valence-electron chi connectivity index (χ0n) is 26.7. The molecule has 50 heavy (non-hydrogen) atoms. The summed E-state index contributed by atoms with van der Waals surface area (Å²) in [5.41, 5.74) is 11.5. The Hall–Kier alpha value is -7.39. The molecule has 0 aliphatic rings. The zero-order chi connectivity index (χ0) is 33.8. The largest absolute Gasteiger partial charge is 0.309 e. The minimum Gasteiger partial charge on any atom is -0.309 e. The van der Waals surface area contributed by atoms with Crippen molar-refractivity contribution in [3.63, 3.8) is 0 Å². The second-order valence-corrected chi connectivity index (χ2v) is 12.3. The molecular weight excluding hydrogens is 611 g/mol. The molecule has 0 spiro atoms. The highest BCUT2D eigenvalue weighted by molar-refractivity contribution is 6.10. The van der Waals surface area contributed by atoms with E-state index in [0.29, 0.717) is 16.7 Å². The van der Waals surface area contributed by atoms with Crippen LogP contribution in [0.25, 0.3) is 77.2 Å². The van der Waals surface area contributed by atoms with E-state index in [0.717, 1.165) is 66.5 Å². The van der Waals surface area contributed by atoms with Crippen LogP contribution in [0.15, 0.2) is 152 Å². The second-order valence-electron chi connectivity index (χ2n) is 12.3. The minimum absolute atomic E-state index is 0.562. The molecular formula is C45H25N5. The van der Waals surface area contributed by atoms with Gasteiger partial charge in [0, 0.05) is 32.8 Å². The van der Waals surface area contributed by atoms with E-state index in [1.54, 1.807) is 0 Å². The number of benzene rings is 7. The highest BCUT2D eigenvalue weighted by atomic mass is 15.0. The van der Waals surface area contributed by atoms with Crippen molar-refractivity contribution < 1.29 is 0 Å². The van der Waals surface area contributed by atoms with E-state index in [4.69, 9.17) is 0 Å². The summed E-state index contributed by atoms with van der Waals surface area (Å²) in [6.45, 7) is 0. The molecule has 0 atom stereocenters. The van der Waals surface area contributed by atoms with Crippen LogP contribution < -0.4 is 0 Å². The van der Waals surface area contributed by atoms with Crippen LogP contribution in [0.1, 0.15) is 16.7 Å². The molecule has 2 aromatic heterocycles. The summed E-state index contributed by atoms with van der Waals surface area (Å²) in [6, 6.07) is 57.7. The average molecular weight is 636 g/mol. The van der Waals surface area contributed by atoms with Gasteiger partial charge in [-0.3, -0.25) is 0 Å². The fraction of sp³-hybridized carbons (Fsp3) is 0. The molecule has 0 aliphatic heterocycles. The molecule has 2 heterocycles. The molecule has 0 radical (unpaired) electrons. The van der Waals surface area contributed by atoms with Crippen molar-refractivity contribution in [2.24, 2.45) is 0 Å². The standard InChI is InChI=1S/C45H25N5/c46-26-29-13-21-44(50-42-11-5-1-7-36(42)37-8-2-6-12-43(37)50)39(23-29)32-17-15-31(16-18-32)35-20-19-34(25-33(35)28-48)49-41-10-4-3-9-38(41)40-24-30(27-47)14-22-45(40)49/h1-25H. The lowest BCUT2D eigenvalue weighted by atomic mass is 9.95. The number of nitriles is 3. The van der Waals surface area contributed by atoms with Gasteiger partial charge < -0.3 is 9.13 Å². The van der Waals surface area contributed by atoms with Crippen LogP contribution in [0, 0.1) is 34.0 Å². The molecule has 0 saturated carbocycles. The fourth-order valence-electron chi connectivity index (χ4n) is 7.38. The predicted octanol–water partition coefficient (Wildman–Crippen LogP) is 10.8. The van der Waals surface area contributed by atoms with Crippen molar-refractivity contribution >= 4 is 43.6 Å². The summed E-state index contributed by atoms with van der Waals surface area (Å²) in [6.07, 6.45) is 0. The van der Waals surface area contributed by atoms with Gasteiger partial charge in [-0.1, -0.05) is 84.9 Å². The third-order valence-corrected chi connectivity index (χ3v) is 9.64. The molecule has 0 saturated heterocycles. The van der Waals surface area contributed by atoms with Crippen molar-refractivity contribution in [3.8, 4) is 51.8 Å². The first-order valence-electron chi connectivity index (χ1n) is 16.3. The molecule has 7 aromatic carbocycles. The molecule has 9 rings (SSSR count). The van der Waals surface area contributed by atoms with Gasteiger partial charge in [-0.2, -0.15) is 15.8 Å². The third kappa shape index (κ3) is 4.38. The lowest BCUT2D eigenvalue weighted by molar-refractivity contribution is 1.18. The maximum Gasteiger partial charge on any atom is 0.0998 e. The molecule has 0 bridgehead atoms. The van der Waals surface area contributed by atoms with Crippen LogP contribution in [-0.4, -0.2) is 9.13 Å². The normalized spacial score (nSPS) is 11.1. The Balaban J connectivity index is 1.16. The summed E-state index contributed by atoms with van der Waals surface area (Å²) < 4.78 is 4.43. The number of rotatable bonds is 4. The Morgan fingerprint density at radius 3 is 1.52 bits per heavy atom. The second kappa shape index (κ2) is 11.4. The Kier molecular flexibility index (Phi) is 6.56. The van der Waals surface area contributed by atoms with Crippen molar-refractivity contribution in [2.45, 2.75) is 0 Å². The number of nitrogens with zero attached hydrogens (tertiary/aromatic N) is 5. The van der Waals surface area contributed by atoms with E-state index in [9.17, 15) is 15.8 Å². The lowest BCUT2D eigenvalue weighted by Gasteiger charge is -2.15. The van der Waals surface area contributed by atoms with Gasteiger partial charge in [0.1, 0.15) is 0 Å². The van der Waals surface area contributed by atoms with Gasteiger partial charge in [-0.05, 0) is 83.4 Å². The van der Waals surface area contributed by atoms with Crippen LogP contribution >= 0.6 is 0 Å². The molecule has 0 amide bonds. The van der Waals surface area contributed by atoms with E-state index in [-0.39, 0.29) is 0 Å². The van der Waals surface area contributed by atoms with Crippen LogP contribution in [-0.2, 0) is 0 Å².